The van der Waals surface area contributed by atoms with Crippen LogP contribution in [-0.2, 0) is 11.3 Å². The topological polar surface area (TPSA) is 73.1 Å². The van der Waals surface area contributed by atoms with Crippen molar-refractivity contribution in [3.63, 3.8) is 0 Å². The van der Waals surface area contributed by atoms with Crippen LogP contribution in [0.3, 0.4) is 0 Å². The second kappa shape index (κ2) is 6.54. The predicted octanol–water partition coefficient (Wildman–Crippen LogP) is 1.80. The fourth-order valence-corrected chi connectivity index (χ4v) is 3.13. The third-order valence-corrected chi connectivity index (χ3v) is 4.13. The van der Waals surface area contributed by atoms with Gasteiger partial charge in [-0.3, -0.25) is 4.79 Å². The summed E-state index contributed by atoms with van der Waals surface area (Å²) in [7, 11) is 0. The molecular weight excluding hydrogens is 313 g/mol. The van der Waals surface area contributed by atoms with Crippen LogP contribution in [0.5, 0.6) is 5.75 Å². The zero-order valence-electron chi connectivity index (χ0n) is 14.0. The van der Waals surface area contributed by atoms with Gasteiger partial charge < -0.3 is 9.64 Å². The highest BCUT2D eigenvalue weighted by Gasteiger charge is 2.31. The van der Waals surface area contributed by atoms with E-state index >= 15 is 0 Å². The molecule has 0 saturated heterocycles. The van der Waals surface area contributed by atoms with Gasteiger partial charge in [-0.1, -0.05) is 0 Å². The Bertz CT molecular complexity index is 761. The van der Waals surface area contributed by atoms with Crippen LogP contribution in [0.4, 0.5) is 4.39 Å². The number of nitrogens with zero attached hydrogens (tertiary/aromatic N) is 5. The maximum Gasteiger partial charge on any atom is 0.246 e. The Morgan fingerprint density at radius 1 is 1.46 bits per heavy atom. The number of carbonyl (C=O) groups excluding carboxylic acids is 1. The molecule has 0 spiro atoms. The molecule has 1 unspecified atom stereocenters. The van der Waals surface area contributed by atoms with E-state index in [-0.39, 0.29) is 24.3 Å². The highest BCUT2D eigenvalue weighted by atomic mass is 19.1. The minimum absolute atomic E-state index is 0.00959. The van der Waals surface area contributed by atoms with Crippen LogP contribution < -0.4 is 4.74 Å². The van der Waals surface area contributed by atoms with Crippen LogP contribution in [0.25, 0.3) is 0 Å². The van der Waals surface area contributed by atoms with E-state index in [0.717, 1.165) is 11.1 Å². The summed E-state index contributed by atoms with van der Waals surface area (Å²) in [5.41, 5.74) is 1.46. The van der Waals surface area contributed by atoms with Crippen molar-refractivity contribution in [2.75, 3.05) is 13.2 Å². The third-order valence-electron chi connectivity index (χ3n) is 4.13. The maximum absolute atomic E-state index is 13.9. The van der Waals surface area contributed by atoms with E-state index in [1.807, 2.05) is 13.8 Å². The first-order valence-electron chi connectivity index (χ1n) is 7.96. The van der Waals surface area contributed by atoms with Crippen molar-refractivity contribution < 1.29 is 13.9 Å². The largest absolute Gasteiger partial charge is 0.493 e. The Balaban J connectivity index is 1.88. The summed E-state index contributed by atoms with van der Waals surface area (Å²) in [6, 6.07) is 2.69. The molecule has 0 saturated carbocycles. The van der Waals surface area contributed by atoms with Crippen LogP contribution >= 0.6 is 0 Å². The molecule has 2 aromatic rings. The molecule has 128 valence electrons. The summed E-state index contributed by atoms with van der Waals surface area (Å²) < 4.78 is 19.5. The second-order valence-corrected chi connectivity index (χ2v) is 5.84. The Kier molecular flexibility index (Phi) is 4.46. The average molecular weight is 333 g/mol. The fourth-order valence-electron chi connectivity index (χ4n) is 3.13. The smallest absolute Gasteiger partial charge is 0.246 e. The lowest BCUT2D eigenvalue weighted by atomic mass is 9.96. The van der Waals surface area contributed by atoms with Gasteiger partial charge in [0.05, 0.1) is 12.6 Å². The summed E-state index contributed by atoms with van der Waals surface area (Å²) in [4.78, 5) is 15.7. The first-order valence-corrected chi connectivity index (χ1v) is 7.96. The van der Waals surface area contributed by atoms with Gasteiger partial charge in [-0.2, -0.15) is 4.80 Å². The first-order chi connectivity index (χ1) is 11.5. The van der Waals surface area contributed by atoms with Gasteiger partial charge in [0.25, 0.3) is 0 Å². The Morgan fingerprint density at radius 3 is 2.92 bits per heavy atom. The molecule has 1 aromatic carbocycles. The number of rotatable bonds is 4. The summed E-state index contributed by atoms with van der Waals surface area (Å²) >= 11 is 0. The number of fused-ring (bicyclic) bond motifs is 1. The molecular formula is C16H20FN5O2. The van der Waals surface area contributed by atoms with Gasteiger partial charge in [0.2, 0.25) is 5.91 Å². The molecule has 1 amide bonds. The van der Waals surface area contributed by atoms with Gasteiger partial charge in [0.1, 0.15) is 18.1 Å². The molecule has 1 atom stereocenters. The van der Waals surface area contributed by atoms with E-state index < -0.39 is 0 Å². The molecule has 0 bridgehead atoms. The van der Waals surface area contributed by atoms with Crippen molar-refractivity contribution in [1.29, 1.82) is 0 Å². The minimum atomic E-state index is -0.321. The lowest BCUT2D eigenvalue weighted by Gasteiger charge is -2.35. The molecule has 2 heterocycles. The van der Waals surface area contributed by atoms with Crippen molar-refractivity contribution in [3.8, 4) is 5.75 Å². The number of likely N-dealkylation sites (N-methyl/N-ethyl adjacent to an activating group) is 1. The van der Waals surface area contributed by atoms with Crippen LogP contribution in [0.15, 0.2) is 12.1 Å². The quantitative estimate of drug-likeness (QED) is 0.853. The SMILES string of the molecule is CCN(C(=O)Cn1nnc(C)n1)C1CCOc2c(C)cc(F)cc21. The molecule has 3 rings (SSSR count). The standard InChI is InChI=1S/C16H20FN5O2/c1-4-21(15(23)9-22-19-11(3)18-20-22)14-5-6-24-16-10(2)7-12(17)8-13(14)16/h7-8,14H,4-6,9H2,1-3H3. The monoisotopic (exact) mass is 333 g/mol. The normalized spacial score (nSPS) is 16.4. The van der Waals surface area contributed by atoms with Crippen LogP contribution in [0.1, 0.15) is 36.3 Å². The summed E-state index contributed by atoms with van der Waals surface area (Å²) in [5.74, 6) is 0.738. The zero-order valence-corrected chi connectivity index (χ0v) is 14.0. The molecule has 8 heteroatoms. The van der Waals surface area contributed by atoms with Crippen molar-refractivity contribution in [2.24, 2.45) is 0 Å². The van der Waals surface area contributed by atoms with E-state index in [1.54, 1.807) is 11.8 Å². The van der Waals surface area contributed by atoms with Gasteiger partial charge >= 0.3 is 0 Å². The van der Waals surface area contributed by atoms with Gasteiger partial charge in [-0.15, -0.1) is 10.2 Å². The van der Waals surface area contributed by atoms with E-state index in [1.165, 1.54) is 16.9 Å². The lowest BCUT2D eigenvalue weighted by molar-refractivity contribution is -0.135. The number of carbonyl (C=O) groups is 1. The van der Waals surface area contributed by atoms with Crippen LogP contribution in [-0.4, -0.2) is 44.2 Å². The first kappa shape index (κ1) is 16.4. The molecule has 0 aliphatic carbocycles. The Morgan fingerprint density at radius 2 is 2.25 bits per heavy atom. The Hall–Kier alpha value is -2.51. The fraction of sp³-hybridized carbons (Fsp3) is 0.500. The highest BCUT2D eigenvalue weighted by Crippen LogP contribution is 2.38. The number of amides is 1. The van der Waals surface area contributed by atoms with Crippen molar-refractivity contribution >= 4 is 5.91 Å². The number of hydrogen-bond donors (Lipinski definition) is 0. The van der Waals surface area contributed by atoms with Crippen molar-refractivity contribution in [1.82, 2.24) is 25.1 Å². The molecule has 1 aliphatic heterocycles. The minimum Gasteiger partial charge on any atom is -0.493 e. The number of hydrogen-bond acceptors (Lipinski definition) is 5. The number of benzene rings is 1. The van der Waals surface area contributed by atoms with Gasteiger partial charge in [0, 0.05) is 18.5 Å². The molecule has 0 N–H and O–H groups in total. The third kappa shape index (κ3) is 3.08. The number of ether oxygens (including phenoxy) is 1. The summed E-state index contributed by atoms with van der Waals surface area (Å²) in [6.07, 6.45) is 0.624. The van der Waals surface area contributed by atoms with E-state index in [2.05, 4.69) is 15.4 Å². The van der Waals surface area contributed by atoms with Gasteiger partial charge in [-0.05, 0) is 43.7 Å². The molecule has 24 heavy (non-hydrogen) atoms. The second-order valence-electron chi connectivity index (χ2n) is 5.84. The predicted molar refractivity (Wildman–Crippen MR) is 83.9 cm³/mol. The Labute approximate surface area is 139 Å². The van der Waals surface area contributed by atoms with Gasteiger partial charge in [0.15, 0.2) is 5.82 Å². The zero-order chi connectivity index (χ0) is 17.3. The summed E-state index contributed by atoms with van der Waals surface area (Å²) in [6.45, 7) is 6.44. The van der Waals surface area contributed by atoms with E-state index in [9.17, 15) is 9.18 Å². The maximum atomic E-state index is 13.9. The number of aryl methyl sites for hydroxylation is 2. The van der Waals surface area contributed by atoms with Crippen molar-refractivity contribution in [3.05, 3.63) is 34.9 Å². The molecule has 0 fully saturated rings. The van der Waals surface area contributed by atoms with E-state index in [0.29, 0.717) is 31.1 Å². The number of halogens is 1. The molecule has 0 radical (unpaired) electrons. The van der Waals surface area contributed by atoms with Crippen LogP contribution in [0, 0.1) is 19.7 Å². The highest BCUT2D eigenvalue weighted by molar-refractivity contribution is 5.76. The van der Waals surface area contributed by atoms with E-state index in [4.69, 9.17) is 4.74 Å². The van der Waals surface area contributed by atoms with Crippen molar-refractivity contribution in [2.45, 2.75) is 39.8 Å². The van der Waals surface area contributed by atoms with Crippen LogP contribution in [0.2, 0.25) is 0 Å². The lowest BCUT2D eigenvalue weighted by Crippen LogP contribution is -2.39. The number of tetrazole rings is 1. The molecule has 1 aliphatic rings. The number of aromatic nitrogens is 4. The molecule has 1 aromatic heterocycles. The summed E-state index contributed by atoms with van der Waals surface area (Å²) in [5, 5.41) is 11.6. The average Bonchev–Trinajstić information content (AvgIpc) is 2.93. The molecule has 7 nitrogen and oxygen atoms in total. The van der Waals surface area contributed by atoms with Gasteiger partial charge in [-0.25, -0.2) is 4.39 Å².